The predicted octanol–water partition coefficient (Wildman–Crippen LogP) is 4.90. The quantitative estimate of drug-likeness (QED) is 0.734. The van der Waals surface area contributed by atoms with Crippen molar-refractivity contribution in [3.63, 3.8) is 0 Å². The van der Waals surface area contributed by atoms with Crippen LogP contribution in [-0.4, -0.2) is 0 Å². The molecule has 0 aliphatic heterocycles. The highest BCUT2D eigenvalue weighted by atomic mass is 35.5. The monoisotopic (exact) mass is 271 g/mol. The number of hydrogen-bond acceptors (Lipinski definition) is 1. The van der Waals surface area contributed by atoms with Crippen LogP contribution in [-0.2, 0) is 0 Å². The SMILES string of the molecule is Nc1cc(-c2cc(Cl)cc(Cl)c2)ccc1Cl. The molecule has 0 unspecified atom stereocenters. The molecule has 0 amide bonds. The van der Waals surface area contributed by atoms with Crippen molar-refractivity contribution < 1.29 is 0 Å². The van der Waals surface area contributed by atoms with E-state index in [4.69, 9.17) is 40.5 Å². The first kappa shape index (κ1) is 11.6. The van der Waals surface area contributed by atoms with Crippen molar-refractivity contribution in [2.45, 2.75) is 0 Å². The lowest BCUT2D eigenvalue weighted by Gasteiger charge is -2.05. The van der Waals surface area contributed by atoms with E-state index in [0.29, 0.717) is 20.8 Å². The van der Waals surface area contributed by atoms with Gasteiger partial charge in [0.1, 0.15) is 0 Å². The summed E-state index contributed by atoms with van der Waals surface area (Å²) in [5, 5.41) is 1.73. The number of hydrogen-bond donors (Lipinski definition) is 1. The summed E-state index contributed by atoms with van der Waals surface area (Å²) in [5.74, 6) is 0. The van der Waals surface area contributed by atoms with Crippen molar-refractivity contribution in [3.05, 3.63) is 51.5 Å². The molecular formula is C12H8Cl3N. The molecule has 2 rings (SSSR count). The van der Waals surface area contributed by atoms with E-state index >= 15 is 0 Å². The molecule has 0 radical (unpaired) electrons. The lowest BCUT2D eigenvalue weighted by atomic mass is 10.1. The van der Waals surface area contributed by atoms with Crippen LogP contribution < -0.4 is 5.73 Å². The van der Waals surface area contributed by atoms with Crippen molar-refractivity contribution in [3.8, 4) is 11.1 Å². The first-order chi connectivity index (χ1) is 7.56. The Hall–Kier alpha value is -0.890. The fourth-order valence-electron chi connectivity index (χ4n) is 1.44. The summed E-state index contributed by atoms with van der Waals surface area (Å²) >= 11 is 17.7. The molecule has 2 aromatic rings. The highest BCUT2D eigenvalue weighted by Gasteiger charge is 2.03. The summed E-state index contributed by atoms with van der Waals surface area (Å²) < 4.78 is 0. The molecule has 0 saturated carbocycles. The van der Waals surface area contributed by atoms with E-state index in [-0.39, 0.29) is 0 Å². The van der Waals surface area contributed by atoms with E-state index in [0.717, 1.165) is 11.1 Å². The lowest BCUT2D eigenvalue weighted by Crippen LogP contribution is -1.87. The minimum Gasteiger partial charge on any atom is -0.398 e. The molecule has 82 valence electrons. The first-order valence-electron chi connectivity index (χ1n) is 4.58. The number of anilines is 1. The average Bonchev–Trinajstić information content (AvgIpc) is 2.20. The zero-order valence-electron chi connectivity index (χ0n) is 8.18. The number of nitrogen functional groups attached to an aromatic ring is 1. The smallest absolute Gasteiger partial charge is 0.0635 e. The van der Waals surface area contributed by atoms with Crippen LogP contribution in [0.1, 0.15) is 0 Å². The summed E-state index contributed by atoms with van der Waals surface area (Å²) in [5.41, 5.74) is 8.13. The molecule has 4 heteroatoms. The number of benzene rings is 2. The molecule has 0 atom stereocenters. The van der Waals surface area contributed by atoms with E-state index in [1.165, 1.54) is 0 Å². The van der Waals surface area contributed by atoms with Crippen LogP contribution in [0.4, 0.5) is 5.69 Å². The van der Waals surface area contributed by atoms with E-state index in [1.807, 2.05) is 18.2 Å². The van der Waals surface area contributed by atoms with Crippen LogP contribution in [0.2, 0.25) is 15.1 Å². The Bertz CT molecular complexity index is 518. The van der Waals surface area contributed by atoms with E-state index in [1.54, 1.807) is 18.2 Å². The minimum absolute atomic E-state index is 0.537. The molecule has 2 aromatic carbocycles. The fraction of sp³-hybridized carbons (Fsp3) is 0. The molecule has 2 N–H and O–H groups in total. The number of rotatable bonds is 1. The molecule has 0 heterocycles. The van der Waals surface area contributed by atoms with Crippen molar-refractivity contribution in [2.24, 2.45) is 0 Å². The maximum atomic E-state index is 5.93. The molecule has 0 fully saturated rings. The zero-order valence-corrected chi connectivity index (χ0v) is 10.4. The molecule has 0 aromatic heterocycles. The van der Waals surface area contributed by atoms with Crippen LogP contribution in [0.15, 0.2) is 36.4 Å². The summed E-state index contributed by atoms with van der Waals surface area (Å²) in [4.78, 5) is 0. The van der Waals surface area contributed by atoms with Gasteiger partial charge in [-0.25, -0.2) is 0 Å². The van der Waals surface area contributed by atoms with Crippen LogP contribution in [0, 0.1) is 0 Å². The second kappa shape index (κ2) is 4.54. The van der Waals surface area contributed by atoms with Gasteiger partial charge in [0, 0.05) is 10.0 Å². The molecule has 0 aliphatic carbocycles. The molecule has 16 heavy (non-hydrogen) atoms. The molecule has 0 saturated heterocycles. The van der Waals surface area contributed by atoms with Gasteiger partial charge in [0.2, 0.25) is 0 Å². The Labute approximate surface area is 109 Å². The average molecular weight is 273 g/mol. The second-order valence-corrected chi connectivity index (χ2v) is 4.67. The predicted molar refractivity (Wildman–Crippen MR) is 71.3 cm³/mol. The van der Waals surface area contributed by atoms with Crippen LogP contribution in [0.25, 0.3) is 11.1 Å². The third-order valence-corrected chi connectivity index (χ3v) is 2.97. The lowest BCUT2D eigenvalue weighted by molar-refractivity contribution is 1.61. The maximum absolute atomic E-state index is 5.93. The summed E-state index contributed by atoms with van der Waals surface area (Å²) in [6.45, 7) is 0. The van der Waals surface area contributed by atoms with Gasteiger partial charge in [-0.05, 0) is 41.5 Å². The van der Waals surface area contributed by atoms with Gasteiger partial charge in [0.05, 0.1) is 10.7 Å². The normalized spacial score (nSPS) is 10.4. The van der Waals surface area contributed by atoms with Crippen molar-refractivity contribution in [1.29, 1.82) is 0 Å². The Morgan fingerprint density at radius 2 is 1.38 bits per heavy atom. The standard InChI is InChI=1S/C12H8Cl3N/c13-9-3-8(4-10(14)6-9)7-1-2-11(15)12(16)5-7/h1-6H,16H2. The topological polar surface area (TPSA) is 26.0 Å². The van der Waals surface area contributed by atoms with Gasteiger partial charge in [-0.1, -0.05) is 40.9 Å². The van der Waals surface area contributed by atoms with Gasteiger partial charge < -0.3 is 5.73 Å². The molecule has 0 aliphatic rings. The minimum atomic E-state index is 0.537. The van der Waals surface area contributed by atoms with Crippen LogP contribution in [0.5, 0.6) is 0 Å². The van der Waals surface area contributed by atoms with Gasteiger partial charge in [-0.2, -0.15) is 0 Å². The van der Waals surface area contributed by atoms with Gasteiger partial charge in [0.25, 0.3) is 0 Å². The van der Waals surface area contributed by atoms with Gasteiger partial charge in [-0.3, -0.25) is 0 Å². The van der Waals surface area contributed by atoms with Gasteiger partial charge in [-0.15, -0.1) is 0 Å². The maximum Gasteiger partial charge on any atom is 0.0635 e. The van der Waals surface area contributed by atoms with Crippen molar-refractivity contribution in [1.82, 2.24) is 0 Å². The van der Waals surface area contributed by atoms with E-state index < -0.39 is 0 Å². The van der Waals surface area contributed by atoms with Crippen molar-refractivity contribution in [2.75, 3.05) is 5.73 Å². The Morgan fingerprint density at radius 1 is 0.750 bits per heavy atom. The zero-order chi connectivity index (χ0) is 11.7. The number of halogens is 3. The second-order valence-electron chi connectivity index (χ2n) is 3.39. The fourth-order valence-corrected chi connectivity index (χ4v) is 2.09. The van der Waals surface area contributed by atoms with Crippen molar-refractivity contribution >= 4 is 40.5 Å². The van der Waals surface area contributed by atoms with Gasteiger partial charge >= 0.3 is 0 Å². The largest absolute Gasteiger partial charge is 0.398 e. The summed E-state index contributed by atoms with van der Waals surface area (Å²) in [6.07, 6.45) is 0. The summed E-state index contributed by atoms with van der Waals surface area (Å²) in [7, 11) is 0. The first-order valence-corrected chi connectivity index (χ1v) is 5.71. The molecule has 1 nitrogen and oxygen atoms in total. The van der Waals surface area contributed by atoms with Crippen LogP contribution in [0.3, 0.4) is 0 Å². The van der Waals surface area contributed by atoms with Gasteiger partial charge in [0.15, 0.2) is 0 Å². The van der Waals surface area contributed by atoms with Crippen LogP contribution >= 0.6 is 34.8 Å². The molecule has 0 spiro atoms. The highest BCUT2D eigenvalue weighted by molar-refractivity contribution is 6.35. The highest BCUT2D eigenvalue weighted by Crippen LogP contribution is 2.30. The summed E-state index contributed by atoms with van der Waals surface area (Å²) in [6, 6.07) is 10.8. The molecule has 0 bridgehead atoms. The Morgan fingerprint density at radius 3 is 1.94 bits per heavy atom. The molecular weight excluding hydrogens is 264 g/mol. The van der Waals surface area contributed by atoms with E-state index in [9.17, 15) is 0 Å². The Balaban J connectivity index is 2.54. The number of nitrogens with two attached hydrogens (primary N) is 1. The Kier molecular flexibility index (Phi) is 3.29. The third-order valence-electron chi connectivity index (χ3n) is 2.19. The van der Waals surface area contributed by atoms with E-state index in [2.05, 4.69) is 0 Å². The third kappa shape index (κ3) is 2.43.